The maximum atomic E-state index is 11.3. The standard InChI is InChI=1S/C14H17BrN4O2/c1-14(2,3)12-11(19(20)21)13(16)18(17-12)8-9-4-6-10(15)7-5-9/h4-7H,8,16H2,1-3H3. The number of hydrogen-bond acceptors (Lipinski definition) is 4. The molecule has 7 heteroatoms. The number of aromatic nitrogens is 2. The molecule has 1 aromatic carbocycles. The first kappa shape index (κ1) is 15.5. The molecule has 0 aliphatic rings. The topological polar surface area (TPSA) is 87.0 Å². The van der Waals surface area contributed by atoms with Crippen molar-refractivity contribution in [1.29, 1.82) is 0 Å². The van der Waals surface area contributed by atoms with Crippen molar-refractivity contribution < 1.29 is 4.92 Å². The molecule has 0 saturated heterocycles. The smallest absolute Gasteiger partial charge is 0.334 e. The van der Waals surface area contributed by atoms with Crippen LogP contribution in [0.2, 0.25) is 0 Å². The van der Waals surface area contributed by atoms with E-state index in [9.17, 15) is 10.1 Å². The Hall–Kier alpha value is -1.89. The maximum absolute atomic E-state index is 11.3. The average Bonchev–Trinajstić information content (AvgIpc) is 2.70. The van der Waals surface area contributed by atoms with E-state index in [1.807, 2.05) is 45.0 Å². The van der Waals surface area contributed by atoms with Crippen LogP contribution >= 0.6 is 15.9 Å². The Bertz CT molecular complexity index is 672. The zero-order valence-electron chi connectivity index (χ0n) is 12.1. The van der Waals surface area contributed by atoms with Crippen molar-refractivity contribution in [2.24, 2.45) is 0 Å². The van der Waals surface area contributed by atoms with Gasteiger partial charge in [-0.05, 0) is 17.7 Å². The first-order valence-corrected chi connectivity index (χ1v) is 7.25. The van der Waals surface area contributed by atoms with Crippen molar-refractivity contribution in [1.82, 2.24) is 9.78 Å². The number of nitrogen functional groups attached to an aromatic ring is 1. The molecule has 0 bridgehead atoms. The summed E-state index contributed by atoms with van der Waals surface area (Å²) in [5.41, 5.74) is 6.77. The number of nitrogens with two attached hydrogens (primary N) is 1. The van der Waals surface area contributed by atoms with E-state index in [0.29, 0.717) is 12.2 Å². The quantitative estimate of drug-likeness (QED) is 0.676. The van der Waals surface area contributed by atoms with Gasteiger partial charge in [0.25, 0.3) is 0 Å². The minimum atomic E-state index is -0.457. The number of hydrogen-bond donors (Lipinski definition) is 1. The van der Waals surface area contributed by atoms with Crippen LogP contribution in [0.5, 0.6) is 0 Å². The molecule has 0 aliphatic heterocycles. The highest BCUT2D eigenvalue weighted by molar-refractivity contribution is 9.10. The highest BCUT2D eigenvalue weighted by Gasteiger charge is 2.33. The number of rotatable bonds is 3. The van der Waals surface area contributed by atoms with Crippen LogP contribution in [0.3, 0.4) is 0 Å². The van der Waals surface area contributed by atoms with Crippen molar-refractivity contribution in [2.45, 2.75) is 32.7 Å². The van der Waals surface area contributed by atoms with Gasteiger partial charge in [0.15, 0.2) is 0 Å². The number of nitrogens with zero attached hydrogens (tertiary/aromatic N) is 3. The summed E-state index contributed by atoms with van der Waals surface area (Å²) in [6.07, 6.45) is 0. The fourth-order valence-electron chi connectivity index (χ4n) is 2.03. The fourth-order valence-corrected chi connectivity index (χ4v) is 2.30. The molecule has 0 atom stereocenters. The van der Waals surface area contributed by atoms with Gasteiger partial charge in [-0.2, -0.15) is 5.10 Å². The number of anilines is 1. The molecule has 0 radical (unpaired) electrons. The molecule has 0 saturated carbocycles. The molecule has 21 heavy (non-hydrogen) atoms. The van der Waals surface area contributed by atoms with Crippen molar-refractivity contribution in [2.75, 3.05) is 5.73 Å². The van der Waals surface area contributed by atoms with Crippen molar-refractivity contribution in [3.63, 3.8) is 0 Å². The third-order valence-corrected chi connectivity index (χ3v) is 3.63. The minimum Gasteiger partial charge on any atom is -0.378 e. The lowest BCUT2D eigenvalue weighted by atomic mass is 9.91. The SMILES string of the molecule is CC(C)(C)c1nn(Cc2ccc(Br)cc2)c(N)c1[N+](=O)[O-]. The van der Waals surface area contributed by atoms with Crippen molar-refractivity contribution >= 4 is 27.4 Å². The van der Waals surface area contributed by atoms with Crippen LogP contribution in [0, 0.1) is 10.1 Å². The Morgan fingerprint density at radius 2 is 1.90 bits per heavy atom. The van der Waals surface area contributed by atoms with Crippen LogP contribution in [0.1, 0.15) is 32.0 Å². The highest BCUT2D eigenvalue weighted by Crippen LogP contribution is 2.35. The van der Waals surface area contributed by atoms with E-state index in [0.717, 1.165) is 10.0 Å². The molecule has 0 fully saturated rings. The predicted octanol–water partition coefficient (Wildman–Crippen LogP) is 3.48. The minimum absolute atomic E-state index is 0.0906. The third-order valence-electron chi connectivity index (χ3n) is 3.10. The second kappa shape index (κ2) is 5.48. The second-order valence-electron chi connectivity index (χ2n) is 5.87. The summed E-state index contributed by atoms with van der Waals surface area (Å²) in [4.78, 5) is 10.8. The summed E-state index contributed by atoms with van der Waals surface area (Å²) in [5, 5.41) is 15.6. The highest BCUT2D eigenvalue weighted by atomic mass is 79.9. The largest absolute Gasteiger partial charge is 0.378 e. The normalized spacial score (nSPS) is 11.6. The van der Waals surface area contributed by atoms with Gasteiger partial charge >= 0.3 is 5.69 Å². The lowest BCUT2D eigenvalue weighted by Gasteiger charge is -2.13. The Morgan fingerprint density at radius 3 is 2.33 bits per heavy atom. The molecule has 6 nitrogen and oxygen atoms in total. The summed E-state index contributed by atoms with van der Waals surface area (Å²) < 4.78 is 2.46. The van der Waals surface area contributed by atoms with E-state index in [1.165, 1.54) is 4.68 Å². The van der Waals surface area contributed by atoms with Crippen LogP contribution in [0.15, 0.2) is 28.7 Å². The van der Waals surface area contributed by atoms with Gasteiger partial charge in [0.05, 0.1) is 11.5 Å². The Labute approximate surface area is 131 Å². The maximum Gasteiger partial charge on any atom is 0.334 e. The summed E-state index contributed by atoms with van der Waals surface area (Å²) in [7, 11) is 0. The molecule has 2 rings (SSSR count). The molecule has 2 aromatic rings. The van der Waals surface area contributed by atoms with Gasteiger partial charge in [0.2, 0.25) is 5.82 Å². The zero-order chi connectivity index (χ0) is 15.8. The molecule has 2 N–H and O–H groups in total. The first-order valence-electron chi connectivity index (χ1n) is 6.45. The van der Waals surface area contributed by atoms with E-state index in [1.54, 1.807) is 0 Å². The van der Waals surface area contributed by atoms with E-state index in [4.69, 9.17) is 5.73 Å². The molecule has 0 unspecified atom stereocenters. The molecular formula is C14H17BrN4O2. The first-order chi connectivity index (χ1) is 9.70. The van der Waals surface area contributed by atoms with E-state index in [2.05, 4.69) is 21.0 Å². The summed E-state index contributed by atoms with van der Waals surface area (Å²) in [5.74, 6) is 0.0906. The molecule has 112 valence electrons. The van der Waals surface area contributed by atoms with Crippen LogP contribution in [-0.4, -0.2) is 14.7 Å². The third kappa shape index (κ3) is 3.24. The number of benzene rings is 1. The van der Waals surface area contributed by atoms with Gasteiger partial charge < -0.3 is 5.73 Å². The van der Waals surface area contributed by atoms with Gasteiger partial charge in [-0.15, -0.1) is 0 Å². The molecular weight excluding hydrogens is 336 g/mol. The molecule has 0 spiro atoms. The monoisotopic (exact) mass is 352 g/mol. The second-order valence-corrected chi connectivity index (χ2v) is 6.79. The Kier molecular flexibility index (Phi) is 4.04. The summed E-state index contributed by atoms with van der Waals surface area (Å²) in [6, 6.07) is 7.67. The van der Waals surface area contributed by atoms with Crippen LogP contribution in [0.25, 0.3) is 0 Å². The predicted molar refractivity (Wildman–Crippen MR) is 85.2 cm³/mol. The zero-order valence-corrected chi connectivity index (χ0v) is 13.7. The van der Waals surface area contributed by atoms with Crippen molar-refractivity contribution in [3.8, 4) is 0 Å². The molecule has 0 amide bonds. The lowest BCUT2D eigenvalue weighted by molar-refractivity contribution is -0.385. The Morgan fingerprint density at radius 1 is 1.33 bits per heavy atom. The summed E-state index contributed by atoms with van der Waals surface area (Å²) >= 11 is 3.37. The van der Waals surface area contributed by atoms with Gasteiger partial charge in [-0.3, -0.25) is 10.1 Å². The molecule has 1 aromatic heterocycles. The lowest BCUT2D eigenvalue weighted by Crippen LogP contribution is -2.14. The Balaban J connectivity index is 2.45. The van der Waals surface area contributed by atoms with Gasteiger partial charge in [0.1, 0.15) is 5.69 Å². The molecule has 0 aliphatic carbocycles. The summed E-state index contributed by atoms with van der Waals surface area (Å²) in [6.45, 7) is 6.04. The number of halogens is 1. The molecule has 1 heterocycles. The van der Waals surface area contributed by atoms with Gasteiger partial charge in [0, 0.05) is 9.89 Å². The average molecular weight is 353 g/mol. The van der Waals surface area contributed by atoms with Crippen LogP contribution in [-0.2, 0) is 12.0 Å². The van der Waals surface area contributed by atoms with E-state index in [-0.39, 0.29) is 11.5 Å². The van der Waals surface area contributed by atoms with Gasteiger partial charge in [-0.1, -0.05) is 48.8 Å². The van der Waals surface area contributed by atoms with E-state index >= 15 is 0 Å². The van der Waals surface area contributed by atoms with Crippen LogP contribution < -0.4 is 5.73 Å². The van der Waals surface area contributed by atoms with Crippen molar-refractivity contribution in [3.05, 3.63) is 50.1 Å². The van der Waals surface area contributed by atoms with Gasteiger partial charge in [-0.25, -0.2) is 4.68 Å². The van der Waals surface area contributed by atoms with E-state index < -0.39 is 10.3 Å². The van der Waals surface area contributed by atoms with Crippen LogP contribution in [0.4, 0.5) is 11.5 Å². The fraction of sp³-hybridized carbons (Fsp3) is 0.357. The number of nitro groups is 1.